The van der Waals surface area contributed by atoms with Crippen LogP contribution < -0.4 is 0 Å². The van der Waals surface area contributed by atoms with Gasteiger partial charge in [-0.3, -0.25) is 4.99 Å². The molecule has 0 unspecified atom stereocenters. The zero-order valence-electron chi connectivity index (χ0n) is 9.33. The molecule has 0 amide bonds. The first-order valence-corrected chi connectivity index (χ1v) is 5.02. The summed E-state index contributed by atoms with van der Waals surface area (Å²) in [6.07, 6.45) is -0.510. The highest BCUT2D eigenvalue weighted by Gasteiger charge is 2.09. The van der Waals surface area contributed by atoms with Gasteiger partial charge >= 0.3 is 0 Å². The molecule has 0 aliphatic heterocycles. The second-order valence-corrected chi connectivity index (χ2v) is 3.56. The highest BCUT2D eigenvalue weighted by Crippen LogP contribution is 2.22. The number of hydrogen-bond donors (Lipinski definition) is 0. The molecule has 0 fully saturated rings. The molecular formula is C11H13ClFNO2. The number of benzene rings is 1. The van der Waals surface area contributed by atoms with E-state index in [9.17, 15) is 4.39 Å². The van der Waals surface area contributed by atoms with Crippen molar-refractivity contribution in [3.05, 3.63) is 29.0 Å². The van der Waals surface area contributed by atoms with Gasteiger partial charge in [-0.05, 0) is 25.1 Å². The predicted molar refractivity (Wildman–Crippen MR) is 62.0 cm³/mol. The van der Waals surface area contributed by atoms with Crippen LogP contribution in [0.1, 0.15) is 6.92 Å². The van der Waals surface area contributed by atoms with Crippen molar-refractivity contribution in [1.29, 1.82) is 0 Å². The van der Waals surface area contributed by atoms with E-state index in [-0.39, 0.29) is 5.02 Å². The molecule has 0 atom stereocenters. The largest absolute Gasteiger partial charge is 0.351 e. The highest BCUT2D eigenvalue weighted by atomic mass is 35.5. The van der Waals surface area contributed by atoms with E-state index in [1.807, 2.05) is 0 Å². The molecule has 16 heavy (non-hydrogen) atoms. The Morgan fingerprint density at radius 2 is 2.00 bits per heavy atom. The SMILES string of the molecule is COC(OC)C(C)=Nc1ccc(F)c(Cl)c1. The second-order valence-electron chi connectivity index (χ2n) is 3.15. The normalized spacial score (nSPS) is 12.2. The minimum Gasteiger partial charge on any atom is -0.351 e. The Hall–Kier alpha value is -0.970. The molecular weight excluding hydrogens is 233 g/mol. The van der Waals surface area contributed by atoms with Gasteiger partial charge in [0.15, 0.2) is 6.29 Å². The number of aliphatic imine (C=N–C) groups is 1. The Kier molecular flexibility index (Phi) is 4.86. The maximum atomic E-state index is 12.9. The van der Waals surface area contributed by atoms with Crippen molar-refractivity contribution in [1.82, 2.24) is 0 Å². The average Bonchev–Trinajstić information content (AvgIpc) is 2.25. The fourth-order valence-electron chi connectivity index (χ4n) is 1.25. The smallest absolute Gasteiger partial charge is 0.196 e. The summed E-state index contributed by atoms with van der Waals surface area (Å²) in [5, 5.41) is 0.0421. The highest BCUT2D eigenvalue weighted by molar-refractivity contribution is 6.31. The number of rotatable bonds is 4. The third kappa shape index (κ3) is 3.27. The summed E-state index contributed by atoms with van der Waals surface area (Å²) in [5.74, 6) is -0.465. The number of hydrogen-bond acceptors (Lipinski definition) is 3. The lowest BCUT2D eigenvalue weighted by Crippen LogP contribution is -2.22. The van der Waals surface area contributed by atoms with Gasteiger partial charge in [-0.15, -0.1) is 0 Å². The van der Waals surface area contributed by atoms with Crippen molar-refractivity contribution in [3.63, 3.8) is 0 Å². The van der Waals surface area contributed by atoms with E-state index < -0.39 is 12.1 Å². The zero-order valence-corrected chi connectivity index (χ0v) is 10.1. The molecule has 0 N–H and O–H groups in total. The monoisotopic (exact) mass is 245 g/mol. The quantitative estimate of drug-likeness (QED) is 0.603. The number of ether oxygens (including phenoxy) is 2. The van der Waals surface area contributed by atoms with Gasteiger partial charge in [0.05, 0.1) is 16.4 Å². The molecule has 0 radical (unpaired) electrons. The van der Waals surface area contributed by atoms with Crippen molar-refractivity contribution in [2.24, 2.45) is 4.99 Å². The Balaban J connectivity index is 2.93. The Bertz CT molecular complexity index is 392. The Labute approximate surface area is 98.8 Å². The molecule has 0 saturated heterocycles. The molecule has 3 nitrogen and oxygen atoms in total. The van der Waals surface area contributed by atoms with Gasteiger partial charge < -0.3 is 9.47 Å². The summed E-state index contributed by atoms with van der Waals surface area (Å²) in [7, 11) is 3.04. The molecule has 0 spiro atoms. The van der Waals surface area contributed by atoms with E-state index >= 15 is 0 Å². The standard InChI is InChI=1S/C11H13ClFNO2/c1-7(11(15-2)16-3)14-8-4-5-10(13)9(12)6-8/h4-6,11H,1-3H3. The summed E-state index contributed by atoms with van der Waals surface area (Å²) < 4.78 is 23.0. The first-order valence-electron chi connectivity index (χ1n) is 4.64. The fraction of sp³-hybridized carbons (Fsp3) is 0.364. The van der Waals surface area contributed by atoms with E-state index in [1.54, 1.807) is 6.92 Å². The van der Waals surface area contributed by atoms with E-state index in [0.29, 0.717) is 11.4 Å². The molecule has 88 valence electrons. The number of halogens is 2. The Morgan fingerprint density at radius 1 is 1.38 bits per heavy atom. The summed E-state index contributed by atoms with van der Waals surface area (Å²) in [6.45, 7) is 1.76. The van der Waals surface area contributed by atoms with Crippen molar-refractivity contribution >= 4 is 23.0 Å². The van der Waals surface area contributed by atoms with Gasteiger partial charge in [-0.25, -0.2) is 4.39 Å². The molecule has 0 bridgehead atoms. The van der Waals surface area contributed by atoms with Crippen LogP contribution in [0, 0.1) is 5.82 Å². The van der Waals surface area contributed by atoms with E-state index in [4.69, 9.17) is 21.1 Å². The van der Waals surface area contributed by atoms with Gasteiger partial charge in [-0.2, -0.15) is 0 Å². The van der Waals surface area contributed by atoms with Crippen LogP contribution in [-0.4, -0.2) is 26.2 Å². The molecule has 1 rings (SSSR count). The van der Waals surface area contributed by atoms with Gasteiger partial charge in [0.2, 0.25) is 0 Å². The van der Waals surface area contributed by atoms with Crippen molar-refractivity contribution in [3.8, 4) is 0 Å². The third-order valence-corrected chi connectivity index (χ3v) is 2.27. The van der Waals surface area contributed by atoms with E-state index in [2.05, 4.69) is 4.99 Å². The predicted octanol–water partition coefficient (Wildman–Crippen LogP) is 3.19. The van der Waals surface area contributed by atoms with Crippen LogP contribution in [0.2, 0.25) is 5.02 Å². The minimum absolute atomic E-state index is 0.0421. The molecule has 0 saturated carbocycles. The second kappa shape index (κ2) is 5.94. The molecule has 0 aliphatic rings. The molecule has 1 aromatic carbocycles. The van der Waals surface area contributed by atoms with Crippen LogP contribution in [0.3, 0.4) is 0 Å². The average molecular weight is 246 g/mol. The lowest BCUT2D eigenvalue weighted by atomic mass is 10.3. The van der Waals surface area contributed by atoms with Crippen molar-refractivity contribution in [2.75, 3.05) is 14.2 Å². The topological polar surface area (TPSA) is 30.8 Å². The fourth-order valence-corrected chi connectivity index (χ4v) is 1.42. The van der Waals surface area contributed by atoms with Crippen LogP contribution in [-0.2, 0) is 9.47 Å². The molecule has 0 aromatic heterocycles. The molecule has 1 aromatic rings. The van der Waals surface area contributed by atoms with Crippen LogP contribution in [0.15, 0.2) is 23.2 Å². The minimum atomic E-state index is -0.510. The van der Waals surface area contributed by atoms with Crippen LogP contribution in [0.25, 0.3) is 0 Å². The van der Waals surface area contributed by atoms with Crippen molar-refractivity contribution in [2.45, 2.75) is 13.2 Å². The molecule has 0 aliphatic carbocycles. The molecule has 5 heteroatoms. The lowest BCUT2D eigenvalue weighted by molar-refractivity contribution is -0.0522. The van der Waals surface area contributed by atoms with Crippen LogP contribution in [0.5, 0.6) is 0 Å². The van der Waals surface area contributed by atoms with Gasteiger partial charge in [0.25, 0.3) is 0 Å². The van der Waals surface area contributed by atoms with Crippen molar-refractivity contribution < 1.29 is 13.9 Å². The molecule has 0 heterocycles. The third-order valence-electron chi connectivity index (χ3n) is 1.98. The van der Waals surface area contributed by atoms with Gasteiger partial charge in [0, 0.05) is 14.2 Å². The van der Waals surface area contributed by atoms with Crippen LogP contribution in [0.4, 0.5) is 10.1 Å². The first-order chi connectivity index (χ1) is 7.58. The maximum Gasteiger partial charge on any atom is 0.196 e. The maximum absolute atomic E-state index is 12.9. The number of nitrogens with zero attached hydrogens (tertiary/aromatic N) is 1. The number of methoxy groups -OCH3 is 2. The lowest BCUT2D eigenvalue weighted by Gasteiger charge is -2.12. The summed E-state index contributed by atoms with van der Waals surface area (Å²) >= 11 is 5.64. The van der Waals surface area contributed by atoms with Crippen LogP contribution >= 0.6 is 11.6 Å². The van der Waals surface area contributed by atoms with Gasteiger partial charge in [-0.1, -0.05) is 11.6 Å². The first kappa shape index (κ1) is 13.1. The summed E-state index contributed by atoms with van der Waals surface area (Å²) in [6, 6.07) is 4.25. The summed E-state index contributed by atoms with van der Waals surface area (Å²) in [4.78, 5) is 4.22. The Morgan fingerprint density at radius 3 is 2.50 bits per heavy atom. The van der Waals surface area contributed by atoms with E-state index in [0.717, 1.165) is 0 Å². The van der Waals surface area contributed by atoms with Gasteiger partial charge in [0.1, 0.15) is 5.82 Å². The summed E-state index contributed by atoms with van der Waals surface area (Å²) in [5.41, 5.74) is 1.19. The zero-order chi connectivity index (χ0) is 12.1. The van der Waals surface area contributed by atoms with E-state index in [1.165, 1.54) is 32.4 Å².